The minimum atomic E-state index is -0.103. The van der Waals surface area contributed by atoms with E-state index in [2.05, 4.69) is 195 Å². The third-order valence-corrected chi connectivity index (χ3v) is 12.1. The van der Waals surface area contributed by atoms with Gasteiger partial charge < -0.3 is 4.90 Å². The van der Waals surface area contributed by atoms with E-state index in [1.54, 1.807) is 0 Å². The molecular weight excluding hydrogens is 635 g/mol. The molecule has 0 saturated carbocycles. The van der Waals surface area contributed by atoms with Gasteiger partial charge in [0.1, 0.15) is 0 Å². The predicted molar refractivity (Wildman–Crippen MR) is 220 cm³/mol. The van der Waals surface area contributed by atoms with Crippen molar-refractivity contribution < 1.29 is 0 Å². The predicted octanol–water partition coefficient (Wildman–Crippen LogP) is 14.3. The lowest BCUT2D eigenvalue weighted by Gasteiger charge is -2.29. The maximum Gasteiger partial charge on any atom is 0.0547 e. The van der Waals surface area contributed by atoms with E-state index in [1.807, 2.05) is 11.3 Å². The molecule has 242 valence electrons. The topological polar surface area (TPSA) is 3.24 Å². The Bertz CT molecular complexity index is 2760. The SMILES string of the molecule is CC1(C)c2ccccc2-c2ccc(N(c3ccc(-c4ccccc4)cc3)c3cc4c5cc(-c6ccccc6)ccc5sc4c4ccccc34)cc21. The van der Waals surface area contributed by atoms with Crippen LogP contribution in [0.4, 0.5) is 17.1 Å². The Balaban J connectivity index is 1.23. The number of benzene rings is 8. The quantitative estimate of drug-likeness (QED) is 0.176. The van der Waals surface area contributed by atoms with Gasteiger partial charge in [-0.1, -0.05) is 147 Å². The highest BCUT2D eigenvalue weighted by Gasteiger charge is 2.36. The lowest BCUT2D eigenvalue weighted by atomic mass is 9.82. The van der Waals surface area contributed by atoms with Gasteiger partial charge in [-0.15, -0.1) is 11.3 Å². The van der Waals surface area contributed by atoms with Crippen molar-refractivity contribution in [3.63, 3.8) is 0 Å². The normalized spacial score (nSPS) is 13.1. The maximum atomic E-state index is 2.49. The summed E-state index contributed by atoms with van der Waals surface area (Å²) in [5.41, 5.74) is 13.7. The second-order valence-corrected chi connectivity index (χ2v) is 15.2. The van der Waals surface area contributed by atoms with Gasteiger partial charge >= 0.3 is 0 Å². The van der Waals surface area contributed by atoms with E-state index >= 15 is 0 Å². The highest BCUT2D eigenvalue weighted by Crippen LogP contribution is 2.52. The van der Waals surface area contributed by atoms with Gasteiger partial charge in [-0.2, -0.15) is 0 Å². The van der Waals surface area contributed by atoms with Crippen LogP contribution in [-0.2, 0) is 5.41 Å². The summed E-state index contributed by atoms with van der Waals surface area (Å²) in [5.74, 6) is 0. The van der Waals surface area contributed by atoms with Crippen LogP contribution in [0, 0.1) is 0 Å². The highest BCUT2D eigenvalue weighted by molar-refractivity contribution is 7.26. The Kier molecular flexibility index (Phi) is 6.78. The molecule has 0 atom stereocenters. The zero-order valence-corrected chi connectivity index (χ0v) is 29.4. The lowest BCUT2D eigenvalue weighted by Crippen LogP contribution is -2.16. The zero-order valence-electron chi connectivity index (χ0n) is 28.6. The highest BCUT2D eigenvalue weighted by atomic mass is 32.1. The molecule has 0 bridgehead atoms. The van der Waals surface area contributed by atoms with Crippen molar-refractivity contribution in [3.05, 3.63) is 187 Å². The van der Waals surface area contributed by atoms with Crippen LogP contribution in [0.25, 0.3) is 64.3 Å². The summed E-state index contributed by atoms with van der Waals surface area (Å²) < 4.78 is 2.64. The molecule has 0 amide bonds. The molecule has 10 rings (SSSR count). The second kappa shape index (κ2) is 11.6. The molecule has 0 radical (unpaired) electrons. The molecule has 51 heavy (non-hydrogen) atoms. The minimum Gasteiger partial charge on any atom is -0.310 e. The summed E-state index contributed by atoms with van der Waals surface area (Å²) in [5, 5.41) is 5.12. The van der Waals surface area contributed by atoms with Crippen molar-refractivity contribution >= 4 is 59.3 Å². The van der Waals surface area contributed by atoms with Crippen molar-refractivity contribution in [2.75, 3.05) is 4.90 Å². The fraction of sp³-hybridized carbons (Fsp3) is 0.0612. The van der Waals surface area contributed by atoms with E-state index in [1.165, 1.54) is 81.1 Å². The molecule has 9 aromatic rings. The first-order valence-electron chi connectivity index (χ1n) is 17.7. The van der Waals surface area contributed by atoms with Gasteiger partial charge in [0, 0.05) is 47.7 Å². The van der Waals surface area contributed by atoms with Gasteiger partial charge in [0.25, 0.3) is 0 Å². The number of rotatable bonds is 5. The molecule has 1 nitrogen and oxygen atoms in total. The van der Waals surface area contributed by atoms with Gasteiger partial charge in [0.15, 0.2) is 0 Å². The smallest absolute Gasteiger partial charge is 0.0547 e. The van der Waals surface area contributed by atoms with Crippen molar-refractivity contribution in [1.29, 1.82) is 0 Å². The summed E-state index contributed by atoms with van der Waals surface area (Å²) in [6, 6.07) is 64.8. The first-order chi connectivity index (χ1) is 25.0. The molecule has 0 fully saturated rings. The summed E-state index contributed by atoms with van der Waals surface area (Å²) in [6.07, 6.45) is 0. The van der Waals surface area contributed by atoms with Gasteiger partial charge in [-0.25, -0.2) is 0 Å². The third kappa shape index (κ3) is 4.75. The van der Waals surface area contributed by atoms with Gasteiger partial charge in [-0.3, -0.25) is 0 Å². The number of fused-ring (bicyclic) bond motifs is 8. The first kappa shape index (κ1) is 29.9. The lowest BCUT2D eigenvalue weighted by molar-refractivity contribution is 0.660. The fourth-order valence-corrected chi connectivity index (χ4v) is 9.47. The maximum absolute atomic E-state index is 2.49. The number of thiophene rings is 1. The number of hydrogen-bond donors (Lipinski definition) is 0. The number of nitrogens with zero attached hydrogens (tertiary/aromatic N) is 1. The van der Waals surface area contributed by atoms with E-state index in [9.17, 15) is 0 Å². The van der Waals surface area contributed by atoms with Crippen LogP contribution in [0.3, 0.4) is 0 Å². The Labute approximate surface area is 302 Å². The van der Waals surface area contributed by atoms with Crippen LogP contribution in [-0.4, -0.2) is 0 Å². The Morgan fingerprint density at radius 3 is 1.76 bits per heavy atom. The Morgan fingerprint density at radius 2 is 1.00 bits per heavy atom. The minimum absolute atomic E-state index is 0.103. The van der Waals surface area contributed by atoms with E-state index in [0.717, 1.165) is 11.4 Å². The van der Waals surface area contributed by atoms with Crippen molar-refractivity contribution in [3.8, 4) is 33.4 Å². The molecule has 1 aromatic heterocycles. The van der Waals surface area contributed by atoms with Gasteiger partial charge in [0.2, 0.25) is 0 Å². The largest absolute Gasteiger partial charge is 0.310 e. The number of hydrogen-bond acceptors (Lipinski definition) is 2. The summed E-state index contributed by atoms with van der Waals surface area (Å²) in [6.45, 7) is 4.73. The standard InChI is InChI=1S/C49H35NS/c1-49(2)44-20-12-11-17-38(44)39-27-26-37(30-45(39)49)50(36-24-21-34(22-25-36)32-13-5-3-6-14-32)46-31-43-42-29-35(33-15-7-4-8-16-33)23-28-47(42)51-48(43)41-19-10-9-18-40(41)46/h3-31H,1-2H3. The molecule has 2 heteroatoms. The van der Waals surface area contributed by atoms with E-state index in [0.29, 0.717) is 0 Å². The Hall–Kier alpha value is -5.96. The summed E-state index contributed by atoms with van der Waals surface area (Å²) in [4.78, 5) is 2.49. The zero-order chi connectivity index (χ0) is 34.1. The summed E-state index contributed by atoms with van der Waals surface area (Å²) >= 11 is 1.90. The van der Waals surface area contributed by atoms with Crippen LogP contribution >= 0.6 is 11.3 Å². The first-order valence-corrected chi connectivity index (χ1v) is 18.5. The van der Waals surface area contributed by atoms with Crippen LogP contribution < -0.4 is 4.90 Å². The molecule has 8 aromatic carbocycles. The molecule has 0 unspecified atom stereocenters. The van der Waals surface area contributed by atoms with E-state index < -0.39 is 0 Å². The molecule has 0 N–H and O–H groups in total. The molecule has 0 aliphatic heterocycles. The monoisotopic (exact) mass is 669 g/mol. The molecule has 1 aliphatic carbocycles. The third-order valence-electron chi connectivity index (χ3n) is 10.9. The van der Waals surface area contributed by atoms with Crippen LogP contribution in [0.1, 0.15) is 25.0 Å². The molecule has 1 heterocycles. The van der Waals surface area contributed by atoms with Crippen LogP contribution in [0.2, 0.25) is 0 Å². The molecule has 1 aliphatic rings. The van der Waals surface area contributed by atoms with Gasteiger partial charge in [-0.05, 0) is 87.0 Å². The molecule has 0 saturated heterocycles. The van der Waals surface area contributed by atoms with Crippen LogP contribution in [0.15, 0.2) is 176 Å². The Morgan fingerprint density at radius 1 is 0.412 bits per heavy atom. The van der Waals surface area contributed by atoms with Gasteiger partial charge in [0.05, 0.1) is 5.69 Å². The van der Waals surface area contributed by atoms with Crippen LogP contribution in [0.5, 0.6) is 0 Å². The molecular formula is C49H35NS. The van der Waals surface area contributed by atoms with Crippen molar-refractivity contribution in [2.45, 2.75) is 19.3 Å². The average molecular weight is 670 g/mol. The van der Waals surface area contributed by atoms with E-state index in [4.69, 9.17) is 0 Å². The van der Waals surface area contributed by atoms with E-state index in [-0.39, 0.29) is 5.41 Å². The molecule has 0 spiro atoms. The number of anilines is 3. The fourth-order valence-electron chi connectivity index (χ4n) is 8.27. The average Bonchev–Trinajstić information content (AvgIpc) is 3.67. The van der Waals surface area contributed by atoms with Crippen molar-refractivity contribution in [2.24, 2.45) is 0 Å². The summed E-state index contributed by atoms with van der Waals surface area (Å²) in [7, 11) is 0. The van der Waals surface area contributed by atoms with Crippen molar-refractivity contribution in [1.82, 2.24) is 0 Å². The second-order valence-electron chi connectivity index (χ2n) is 14.1.